The molecule has 0 atom stereocenters. The Morgan fingerprint density at radius 1 is 1.25 bits per heavy atom. The second-order valence-corrected chi connectivity index (χ2v) is 3.53. The molecule has 0 saturated heterocycles. The number of rotatable bonds is 1. The molecule has 2 heteroatoms. The van der Waals surface area contributed by atoms with Crippen LogP contribution in [0, 0.1) is 0 Å². The summed E-state index contributed by atoms with van der Waals surface area (Å²) in [4.78, 5) is 4.10. The summed E-state index contributed by atoms with van der Waals surface area (Å²) in [6.07, 6.45) is 9.00. The predicted octanol–water partition coefficient (Wildman–Crippen LogP) is 2.32. The standard InChI is InChI=1S/C10H14N2/c11-10-5-9(6-12-7-10)8-3-1-2-4-8/h5-8H,1-4,11H2. The molecule has 1 fully saturated rings. The molecular weight excluding hydrogens is 148 g/mol. The third kappa shape index (κ3) is 1.42. The molecule has 0 spiro atoms. The summed E-state index contributed by atoms with van der Waals surface area (Å²) >= 11 is 0. The normalized spacial score (nSPS) is 18.3. The largest absolute Gasteiger partial charge is 0.397 e. The Labute approximate surface area is 72.8 Å². The summed E-state index contributed by atoms with van der Waals surface area (Å²) in [5.41, 5.74) is 7.78. The smallest absolute Gasteiger partial charge is 0.0503 e. The van der Waals surface area contributed by atoms with Crippen molar-refractivity contribution in [3.05, 3.63) is 24.0 Å². The van der Waals surface area contributed by atoms with E-state index < -0.39 is 0 Å². The Balaban J connectivity index is 2.21. The molecule has 0 amide bonds. The molecule has 1 heterocycles. The zero-order valence-corrected chi connectivity index (χ0v) is 7.16. The number of anilines is 1. The van der Waals surface area contributed by atoms with Gasteiger partial charge in [-0.3, -0.25) is 4.98 Å². The Morgan fingerprint density at radius 2 is 2.00 bits per heavy atom. The molecule has 0 radical (unpaired) electrons. The Morgan fingerprint density at radius 3 is 2.67 bits per heavy atom. The van der Waals surface area contributed by atoms with Gasteiger partial charge >= 0.3 is 0 Å². The lowest BCUT2D eigenvalue weighted by Gasteiger charge is -2.08. The third-order valence-electron chi connectivity index (χ3n) is 2.61. The molecule has 0 unspecified atom stereocenters. The number of aromatic nitrogens is 1. The Kier molecular flexibility index (Phi) is 1.98. The lowest BCUT2D eigenvalue weighted by molar-refractivity contribution is 0.720. The van der Waals surface area contributed by atoms with E-state index >= 15 is 0 Å². The first-order valence-electron chi connectivity index (χ1n) is 4.56. The number of nitrogens with two attached hydrogens (primary N) is 1. The van der Waals surface area contributed by atoms with Crippen molar-refractivity contribution >= 4 is 5.69 Å². The molecule has 12 heavy (non-hydrogen) atoms. The Hall–Kier alpha value is -1.05. The molecule has 2 rings (SSSR count). The summed E-state index contributed by atoms with van der Waals surface area (Å²) in [6, 6.07) is 2.06. The van der Waals surface area contributed by atoms with Gasteiger partial charge in [0, 0.05) is 12.4 Å². The van der Waals surface area contributed by atoms with Crippen LogP contribution in [-0.4, -0.2) is 4.98 Å². The minimum Gasteiger partial charge on any atom is -0.397 e. The minimum absolute atomic E-state index is 0.723. The van der Waals surface area contributed by atoms with Gasteiger partial charge in [0.2, 0.25) is 0 Å². The van der Waals surface area contributed by atoms with Crippen LogP contribution < -0.4 is 5.73 Å². The molecule has 2 nitrogen and oxygen atoms in total. The van der Waals surface area contributed by atoms with Crippen molar-refractivity contribution in [3.63, 3.8) is 0 Å². The second-order valence-electron chi connectivity index (χ2n) is 3.53. The van der Waals surface area contributed by atoms with Gasteiger partial charge in [-0.05, 0) is 30.4 Å². The highest BCUT2D eigenvalue weighted by Crippen LogP contribution is 2.33. The third-order valence-corrected chi connectivity index (χ3v) is 2.61. The maximum atomic E-state index is 5.66. The lowest BCUT2D eigenvalue weighted by Crippen LogP contribution is -1.95. The quantitative estimate of drug-likeness (QED) is 0.688. The average Bonchev–Trinajstić information content (AvgIpc) is 2.56. The van der Waals surface area contributed by atoms with Crippen molar-refractivity contribution in [3.8, 4) is 0 Å². The molecule has 2 N–H and O–H groups in total. The van der Waals surface area contributed by atoms with E-state index in [1.54, 1.807) is 6.20 Å². The van der Waals surface area contributed by atoms with Gasteiger partial charge in [0.25, 0.3) is 0 Å². The van der Waals surface area contributed by atoms with Crippen molar-refractivity contribution in [1.82, 2.24) is 4.98 Å². The lowest BCUT2D eigenvalue weighted by atomic mass is 9.99. The summed E-state index contributed by atoms with van der Waals surface area (Å²) in [5.74, 6) is 0.723. The van der Waals surface area contributed by atoms with E-state index in [1.165, 1.54) is 31.2 Å². The van der Waals surface area contributed by atoms with Crippen LogP contribution in [-0.2, 0) is 0 Å². The van der Waals surface area contributed by atoms with Gasteiger partial charge < -0.3 is 5.73 Å². The highest BCUT2D eigenvalue weighted by molar-refractivity contribution is 5.38. The van der Waals surface area contributed by atoms with Crippen LogP contribution in [0.1, 0.15) is 37.2 Å². The molecule has 0 aromatic carbocycles. The molecule has 1 aliphatic carbocycles. The van der Waals surface area contributed by atoms with Gasteiger partial charge in [-0.25, -0.2) is 0 Å². The van der Waals surface area contributed by atoms with Crippen LogP contribution in [0.2, 0.25) is 0 Å². The summed E-state index contributed by atoms with van der Waals surface area (Å²) in [7, 11) is 0. The van der Waals surface area contributed by atoms with Gasteiger partial charge in [0.1, 0.15) is 0 Å². The maximum absolute atomic E-state index is 5.66. The first kappa shape index (κ1) is 7.59. The molecule has 64 valence electrons. The van der Waals surface area contributed by atoms with E-state index in [2.05, 4.69) is 11.1 Å². The number of nitrogens with zero attached hydrogens (tertiary/aromatic N) is 1. The number of pyridine rings is 1. The van der Waals surface area contributed by atoms with Crippen molar-refractivity contribution in [2.45, 2.75) is 31.6 Å². The van der Waals surface area contributed by atoms with Crippen molar-refractivity contribution in [1.29, 1.82) is 0 Å². The highest BCUT2D eigenvalue weighted by atomic mass is 14.7. The fourth-order valence-electron chi connectivity index (χ4n) is 1.96. The Bertz CT molecular complexity index is 264. The van der Waals surface area contributed by atoms with Gasteiger partial charge in [-0.1, -0.05) is 12.8 Å². The number of nitrogen functional groups attached to an aromatic ring is 1. The first-order valence-corrected chi connectivity index (χ1v) is 4.56. The second kappa shape index (κ2) is 3.13. The summed E-state index contributed by atoms with van der Waals surface area (Å²) in [5, 5.41) is 0. The van der Waals surface area contributed by atoms with E-state index in [9.17, 15) is 0 Å². The van der Waals surface area contributed by atoms with Gasteiger partial charge in [0.15, 0.2) is 0 Å². The fourth-order valence-corrected chi connectivity index (χ4v) is 1.96. The summed E-state index contributed by atoms with van der Waals surface area (Å²) in [6.45, 7) is 0. The minimum atomic E-state index is 0.723. The van der Waals surface area contributed by atoms with E-state index in [-0.39, 0.29) is 0 Å². The van der Waals surface area contributed by atoms with Crippen LogP contribution in [0.25, 0.3) is 0 Å². The van der Waals surface area contributed by atoms with Gasteiger partial charge in [0.05, 0.1) is 5.69 Å². The molecule has 1 aromatic rings. The van der Waals surface area contributed by atoms with E-state index in [1.807, 2.05) is 6.20 Å². The molecule has 1 aliphatic rings. The predicted molar refractivity (Wildman–Crippen MR) is 49.9 cm³/mol. The van der Waals surface area contributed by atoms with Crippen LogP contribution in [0.4, 0.5) is 5.69 Å². The van der Waals surface area contributed by atoms with E-state index in [4.69, 9.17) is 5.73 Å². The van der Waals surface area contributed by atoms with Crippen LogP contribution in [0.3, 0.4) is 0 Å². The molecule has 0 bridgehead atoms. The SMILES string of the molecule is Nc1cncc(C2CCCC2)c1. The fraction of sp³-hybridized carbons (Fsp3) is 0.500. The first-order chi connectivity index (χ1) is 5.86. The topological polar surface area (TPSA) is 38.9 Å². The van der Waals surface area contributed by atoms with Crippen molar-refractivity contribution in [2.24, 2.45) is 0 Å². The molecule has 1 saturated carbocycles. The van der Waals surface area contributed by atoms with Crippen molar-refractivity contribution < 1.29 is 0 Å². The average molecular weight is 162 g/mol. The molecule has 0 aliphatic heterocycles. The highest BCUT2D eigenvalue weighted by Gasteiger charge is 2.16. The monoisotopic (exact) mass is 162 g/mol. The maximum Gasteiger partial charge on any atom is 0.0503 e. The zero-order valence-electron chi connectivity index (χ0n) is 7.16. The molecular formula is C10H14N2. The summed E-state index contributed by atoms with van der Waals surface area (Å²) < 4.78 is 0. The molecule has 1 aromatic heterocycles. The van der Waals surface area contributed by atoms with E-state index in [0.29, 0.717) is 0 Å². The number of hydrogen-bond donors (Lipinski definition) is 1. The van der Waals surface area contributed by atoms with E-state index in [0.717, 1.165) is 11.6 Å². The van der Waals surface area contributed by atoms with Crippen LogP contribution >= 0.6 is 0 Å². The number of hydrogen-bond acceptors (Lipinski definition) is 2. The van der Waals surface area contributed by atoms with Gasteiger partial charge in [-0.2, -0.15) is 0 Å². The van der Waals surface area contributed by atoms with Crippen LogP contribution in [0.5, 0.6) is 0 Å². The van der Waals surface area contributed by atoms with Gasteiger partial charge in [-0.15, -0.1) is 0 Å². The van der Waals surface area contributed by atoms with Crippen LogP contribution in [0.15, 0.2) is 18.5 Å². The van der Waals surface area contributed by atoms with Crippen molar-refractivity contribution in [2.75, 3.05) is 5.73 Å². The zero-order chi connectivity index (χ0) is 8.39.